The molecule has 0 amide bonds. The molecular formula is C16H24N2. The lowest BCUT2D eigenvalue weighted by atomic mass is 9.92. The van der Waals surface area contributed by atoms with Crippen molar-refractivity contribution in [3.05, 3.63) is 35.4 Å². The maximum atomic E-state index is 3.43. The Morgan fingerprint density at radius 2 is 1.78 bits per heavy atom. The van der Waals surface area contributed by atoms with Crippen molar-refractivity contribution in [2.75, 3.05) is 26.2 Å². The van der Waals surface area contributed by atoms with Gasteiger partial charge in [-0.3, -0.25) is 4.90 Å². The van der Waals surface area contributed by atoms with Crippen molar-refractivity contribution in [1.29, 1.82) is 0 Å². The van der Waals surface area contributed by atoms with Crippen LogP contribution in [0.4, 0.5) is 0 Å². The van der Waals surface area contributed by atoms with E-state index in [-0.39, 0.29) is 0 Å². The largest absolute Gasteiger partial charge is 0.314 e. The van der Waals surface area contributed by atoms with Crippen LogP contribution in [0.25, 0.3) is 0 Å². The Morgan fingerprint density at radius 3 is 2.56 bits per heavy atom. The highest BCUT2D eigenvalue weighted by atomic mass is 15.2. The average Bonchev–Trinajstić information content (AvgIpc) is 2.94. The van der Waals surface area contributed by atoms with Crippen molar-refractivity contribution in [3.63, 3.8) is 0 Å². The van der Waals surface area contributed by atoms with Crippen LogP contribution >= 0.6 is 0 Å². The number of nitrogens with zero attached hydrogens (tertiary/aromatic N) is 1. The van der Waals surface area contributed by atoms with Gasteiger partial charge < -0.3 is 5.32 Å². The summed E-state index contributed by atoms with van der Waals surface area (Å²) in [7, 11) is 0. The van der Waals surface area contributed by atoms with Crippen LogP contribution in [0.1, 0.15) is 42.7 Å². The minimum Gasteiger partial charge on any atom is -0.314 e. The number of hydrogen-bond donors (Lipinski definition) is 1. The first-order valence-electron chi connectivity index (χ1n) is 7.44. The summed E-state index contributed by atoms with van der Waals surface area (Å²) >= 11 is 0. The van der Waals surface area contributed by atoms with Crippen LogP contribution in [0.3, 0.4) is 0 Å². The van der Waals surface area contributed by atoms with Gasteiger partial charge in [0.2, 0.25) is 0 Å². The maximum absolute atomic E-state index is 3.43. The fourth-order valence-corrected chi connectivity index (χ4v) is 3.42. The summed E-state index contributed by atoms with van der Waals surface area (Å²) in [5.41, 5.74) is 3.21. The van der Waals surface area contributed by atoms with Gasteiger partial charge in [-0.2, -0.15) is 0 Å². The standard InChI is InChI=1S/C16H24N2/c1-2-6-14(5-1)16-8-4-3-7-15(16)13-18-11-9-17-10-12-18/h3-4,7-8,14,17H,1-2,5-6,9-13H2. The van der Waals surface area contributed by atoms with Gasteiger partial charge in [-0.25, -0.2) is 0 Å². The molecule has 1 aromatic carbocycles. The smallest absolute Gasteiger partial charge is 0.0237 e. The Labute approximate surface area is 110 Å². The van der Waals surface area contributed by atoms with E-state index in [0.29, 0.717) is 0 Å². The van der Waals surface area contributed by atoms with Crippen LogP contribution in [0.5, 0.6) is 0 Å². The molecule has 1 saturated carbocycles. The van der Waals surface area contributed by atoms with E-state index in [4.69, 9.17) is 0 Å². The van der Waals surface area contributed by atoms with Crippen LogP contribution in [0.15, 0.2) is 24.3 Å². The zero-order valence-corrected chi connectivity index (χ0v) is 11.2. The Hall–Kier alpha value is -0.860. The highest BCUT2D eigenvalue weighted by Crippen LogP contribution is 2.36. The molecule has 1 aromatic rings. The van der Waals surface area contributed by atoms with Gasteiger partial charge >= 0.3 is 0 Å². The molecule has 18 heavy (non-hydrogen) atoms. The van der Waals surface area contributed by atoms with E-state index in [0.717, 1.165) is 25.6 Å². The maximum Gasteiger partial charge on any atom is 0.0237 e. The number of nitrogens with one attached hydrogen (secondary N) is 1. The lowest BCUT2D eigenvalue weighted by molar-refractivity contribution is 0.232. The van der Waals surface area contributed by atoms with Crippen molar-refractivity contribution in [2.24, 2.45) is 0 Å². The third-order valence-corrected chi connectivity index (χ3v) is 4.45. The topological polar surface area (TPSA) is 15.3 Å². The van der Waals surface area contributed by atoms with Gasteiger partial charge in [-0.1, -0.05) is 37.1 Å². The lowest BCUT2D eigenvalue weighted by Gasteiger charge is -2.28. The zero-order valence-electron chi connectivity index (χ0n) is 11.2. The minimum atomic E-state index is 0.837. The molecule has 1 N–H and O–H groups in total. The van der Waals surface area contributed by atoms with E-state index in [1.807, 2.05) is 0 Å². The van der Waals surface area contributed by atoms with Crippen LogP contribution in [0, 0.1) is 0 Å². The van der Waals surface area contributed by atoms with Crippen LogP contribution in [0.2, 0.25) is 0 Å². The van der Waals surface area contributed by atoms with Crippen LogP contribution < -0.4 is 5.32 Å². The van der Waals surface area contributed by atoms with Crippen molar-refractivity contribution in [1.82, 2.24) is 10.2 Å². The molecule has 3 rings (SSSR count). The van der Waals surface area contributed by atoms with Gasteiger partial charge in [0, 0.05) is 32.7 Å². The van der Waals surface area contributed by atoms with E-state index >= 15 is 0 Å². The summed E-state index contributed by atoms with van der Waals surface area (Å²) < 4.78 is 0. The Balaban J connectivity index is 1.73. The number of piperazine rings is 1. The van der Waals surface area contributed by atoms with E-state index < -0.39 is 0 Å². The molecule has 1 aliphatic carbocycles. The summed E-state index contributed by atoms with van der Waals surface area (Å²) in [6.45, 7) is 5.82. The molecule has 0 bridgehead atoms. The number of rotatable bonds is 3. The lowest BCUT2D eigenvalue weighted by Crippen LogP contribution is -2.43. The van der Waals surface area contributed by atoms with E-state index in [1.165, 1.54) is 38.8 Å². The second kappa shape index (κ2) is 5.85. The fourth-order valence-electron chi connectivity index (χ4n) is 3.42. The van der Waals surface area contributed by atoms with E-state index in [2.05, 4.69) is 34.5 Å². The highest BCUT2D eigenvalue weighted by molar-refractivity contribution is 5.31. The summed E-state index contributed by atoms with van der Waals surface area (Å²) in [5, 5.41) is 3.43. The first-order valence-corrected chi connectivity index (χ1v) is 7.44. The average molecular weight is 244 g/mol. The normalized spacial score (nSPS) is 22.4. The molecule has 0 spiro atoms. The van der Waals surface area contributed by atoms with Gasteiger partial charge in [0.15, 0.2) is 0 Å². The second-order valence-electron chi connectivity index (χ2n) is 5.71. The molecule has 0 atom stereocenters. The highest BCUT2D eigenvalue weighted by Gasteiger charge is 2.20. The number of hydrogen-bond acceptors (Lipinski definition) is 2. The first kappa shape index (κ1) is 12.2. The summed E-state index contributed by atoms with van der Waals surface area (Å²) in [4.78, 5) is 2.59. The molecule has 0 radical (unpaired) electrons. The Bertz CT molecular complexity index is 376. The van der Waals surface area contributed by atoms with E-state index in [1.54, 1.807) is 11.1 Å². The molecule has 2 heteroatoms. The van der Waals surface area contributed by atoms with Gasteiger partial charge in [0.1, 0.15) is 0 Å². The molecule has 98 valence electrons. The predicted molar refractivity (Wildman–Crippen MR) is 75.8 cm³/mol. The number of benzene rings is 1. The molecule has 2 nitrogen and oxygen atoms in total. The summed E-state index contributed by atoms with van der Waals surface area (Å²) in [6.07, 6.45) is 5.65. The van der Waals surface area contributed by atoms with Gasteiger partial charge in [0.25, 0.3) is 0 Å². The van der Waals surface area contributed by atoms with Gasteiger partial charge in [0.05, 0.1) is 0 Å². The third kappa shape index (κ3) is 2.76. The van der Waals surface area contributed by atoms with Gasteiger partial charge in [-0.15, -0.1) is 0 Å². The van der Waals surface area contributed by atoms with Crippen LogP contribution in [-0.4, -0.2) is 31.1 Å². The molecule has 0 unspecified atom stereocenters. The third-order valence-electron chi connectivity index (χ3n) is 4.45. The molecule has 1 saturated heterocycles. The van der Waals surface area contributed by atoms with Crippen molar-refractivity contribution in [3.8, 4) is 0 Å². The quantitative estimate of drug-likeness (QED) is 0.879. The van der Waals surface area contributed by atoms with Gasteiger partial charge in [-0.05, 0) is 29.9 Å². The molecule has 0 aromatic heterocycles. The van der Waals surface area contributed by atoms with Crippen molar-refractivity contribution < 1.29 is 0 Å². The van der Waals surface area contributed by atoms with E-state index in [9.17, 15) is 0 Å². The van der Waals surface area contributed by atoms with Crippen molar-refractivity contribution in [2.45, 2.75) is 38.1 Å². The summed E-state index contributed by atoms with van der Waals surface area (Å²) in [6, 6.07) is 9.13. The first-order chi connectivity index (χ1) is 8.93. The summed E-state index contributed by atoms with van der Waals surface area (Å²) in [5.74, 6) is 0.837. The Morgan fingerprint density at radius 1 is 1.06 bits per heavy atom. The SMILES string of the molecule is c1ccc(C2CCCC2)c(CN2CCNCC2)c1. The second-order valence-corrected chi connectivity index (χ2v) is 5.71. The fraction of sp³-hybridized carbons (Fsp3) is 0.625. The molecular weight excluding hydrogens is 220 g/mol. The molecule has 2 fully saturated rings. The molecule has 1 aliphatic heterocycles. The zero-order chi connectivity index (χ0) is 12.2. The molecule has 1 heterocycles. The molecule has 2 aliphatic rings. The minimum absolute atomic E-state index is 0.837. The monoisotopic (exact) mass is 244 g/mol. The Kier molecular flexibility index (Phi) is 3.96. The van der Waals surface area contributed by atoms with Crippen molar-refractivity contribution >= 4 is 0 Å². The van der Waals surface area contributed by atoms with Crippen LogP contribution in [-0.2, 0) is 6.54 Å². The predicted octanol–water partition coefficient (Wildman–Crippen LogP) is 2.75.